The number of halogens is 2. The van der Waals surface area contributed by atoms with Gasteiger partial charge in [0, 0.05) is 11.8 Å². The summed E-state index contributed by atoms with van der Waals surface area (Å²) in [5.74, 6) is -2.07. The van der Waals surface area contributed by atoms with Gasteiger partial charge in [0.1, 0.15) is 11.6 Å². The standard InChI is InChI=1S/C22H18F2N4O/c1-12-4-7-16(8-5-12)28-21-20(14(3)27-28)17(10-13(2)25-21)22(29)26-19-9-6-15(23)11-18(19)24/h4-11H,1-3H3,(H,26,29). The molecule has 1 N–H and O–H groups in total. The molecule has 0 aliphatic carbocycles. The molecule has 0 saturated carbocycles. The van der Waals surface area contributed by atoms with Gasteiger partial charge in [-0.05, 0) is 51.1 Å². The number of benzene rings is 2. The predicted octanol–water partition coefficient (Wildman–Crippen LogP) is 4.88. The molecule has 1 amide bonds. The third-order valence-corrected chi connectivity index (χ3v) is 4.64. The van der Waals surface area contributed by atoms with E-state index in [0.717, 1.165) is 23.4 Å². The van der Waals surface area contributed by atoms with E-state index in [4.69, 9.17) is 0 Å². The minimum atomic E-state index is -0.840. The Balaban J connectivity index is 1.82. The fourth-order valence-corrected chi connectivity index (χ4v) is 3.24. The highest BCUT2D eigenvalue weighted by molar-refractivity contribution is 6.12. The van der Waals surface area contributed by atoms with Crippen molar-refractivity contribution >= 4 is 22.6 Å². The summed E-state index contributed by atoms with van der Waals surface area (Å²) < 4.78 is 28.8. The SMILES string of the molecule is Cc1ccc(-n2nc(C)c3c(C(=O)Nc4ccc(F)cc4F)cc(C)nc32)cc1. The lowest BCUT2D eigenvalue weighted by molar-refractivity contribution is 0.102. The first-order valence-corrected chi connectivity index (χ1v) is 9.04. The number of hydrogen-bond donors (Lipinski definition) is 1. The van der Waals surface area contributed by atoms with Gasteiger partial charge in [-0.15, -0.1) is 0 Å². The molecule has 4 rings (SSSR count). The van der Waals surface area contributed by atoms with Crippen LogP contribution in [0.2, 0.25) is 0 Å². The first kappa shape index (κ1) is 18.7. The van der Waals surface area contributed by atoms with Crippen molar-refractivity contribution in [2.75, 3.05) is 5.32 Å². The molecule has 29 heavy (non-hydrogen) atoms. The zero-order chi connectivity index (χ0) is 20.7. The molecule has 2 aromatic heterocycles. The molecule has 0 bridgehead atoms. The number of nitrogens with zero attached hydrogens (tertiary/aromatic N) is 3. The lowest BCUT2D eigenvalue weighted by atomic mass is 10.1. The normalized spacial score (nSPS) is 11.1. The number of hydrogen-bond acceptors (Lipinski definition) is 3. The molecule has 5 nitrogen and oxygen atoms in total. The molecule has 0 fully saturated rings. The number of pyridine rings is 1. The van der Waals surface area contributed by atoms with E-state index in [1.807, 2.05) is 31.2 Å². The molecule has 2 aromatic carbocycles. The number of aromatic nitrogens is 3. The molecular formula is C22H18F2N4O. The molecule has 7 heteroatoms. The summed E-state index contributed by atoms with van der Waals surface area (Å²) in [5, 5.41) is 7.65. The number of anilines is 1. The lowest BCUT2D eigenvalue weighted by Crippen LogP contribution is -2.14. The molecule has 0 saturated heterocycles. The van der Waals surface area contributed by atoms with E-state index in [-0.39, 0.29) is 5.69 Å². The molecular weight excluding hydrogens is 374 g/mol. The van der Waals surface area contributed by atoms with Gasteiger partial charge in [-0.1, -0.05) is 17.7 Å². The molecule has 0 unspecified atom stereocenters. The maximum Gasteiger partial charge on any atom is 0.256 e. The van der Waals surface area contributed by atoms with Crippen LogP contribution < -0.4 is 5.32 Å². The Morgan fingerprint density at radius 2 is 1.72 bits per heavy atom. The molecule has 4 aromatic rings. The lowest BCUT2D eigenvalue weighted by Gasteiger charge is -2.09. The highest BCUT2D eigenvalue weighted by Gasteiger charge is 2.20. The molecule has 2 heterocycles. The van der Waals surface area contributed by atoms with Gasteiger partial charge >= 0.3 is 0 Å². The van der Waals surface area contributed by atoms with Gasteiger partial charge in [-0.3, -0.25) is 4.79 Å². The van der Waals surface area contributed by atoms with E-state index >= 15 is 0 Å². The summed E-state index contributed by atoms with van der Waals surface area (Å²) >= 11 is 0. The van der Waals surface area contributed by atoms with E-state index in [2.05, 4.69) is 15.4 Å². The average molecular weight is 392 g/mol. The van der Waals surface area contributed by atoms with Gasteiger partial charge in [-0.25, -0.2) is 18.4 Å². The largest absolute Gasteiger partial charge is 0.319 e. The third-order valence-electron chi connectivity index (χ3n) is 4.64. The van der Waals surface area contributed by atoms with Crippen molar-refractivity contribution in [1.82, 2.24) is 14.8 Å². The second-order valence-electron chi connectivity index (χ2n) is 6.92. The fraction of sp³-hybridized carbons (Fsp3) is 0.136. The summed E-state index contributed by atoms with van der Waals surface area (Å²) in [6.45, 7) is 5.56. The third kappa shape index (κ3) is 3.47. The summed E-state index contributed by atoms with van der Waals surface area (Å²) in [6.07, 6.45) is 0. The van der Waals surface area contributed by atoms with Gasteiger partial charge in [-0.2, -0.15) is 5.10 Å². The van der Waals surface area contributed by atoms with Crippen molar-refractivity contribution in [3.8, 4) is 5.69 Å². The average Bonchev–Trinajstić information content (AvgIpc) is 3.00. The number of aryl methyl sites for hydroxylation is 3. The van der Waals surface area contributed by atoms with Crippen LogP contribution in [0.1, 0.15) is 27.3 Å². The van der Waals surface area contributed by atoms with Crippen molar-refractivity contribution in [3.63, 3.8) is 0 Å². The van der Waals surface area contributed by atoms with Gasteiger partial charge in [0.25, 0.3) is 5.91 Å². The zero-order valence-corrected chi connectivity index (χ0v) is 16.1. The van der Waals surface area contributed by atoms with Crippen LogP contribution in [-0.2, 0) is 0 Å². The van der Waals surface area contributed by atoms with E-state index in [0.29, 0.717) is 28.0 Å². The summed E-state index contributed by atoms with van der Waals surface area (Å²) in [7, 11) is 0. The summed E-state index contributed by atoms with van der Waals surface area (Å²) in [4.78, 5) is 17.5. The van der Waals surface area contributed by atoms with E-state index in [1.54, 1.807) is 24.6 Å². The van der Waals surface area contributed by atoms with E-state index in [1.165, 1.54) is 6.07 Å². The van der Waals surface area contributed by atoms with Crippen molar-refractivity contribution < 1.29 is 13.6 Å². The number of fused-ring (bicyclic) bond motifs is 1. The fourth-order valence-electron chi connectivity index (χ4n) is 3.24. The topological polar surface area (TPSA) is 59.8 Å². The van der Waals surface area contributed by atoms with E-state index in [9.17, 15) is 13.6 Å². The Morgan fingerprint density at radius 3 is 2.41 bits per heavy atom. The monoisotopic (exact) mass is 392 g/mol. The van der Waals surface area contributed by atoms with Crippen LogP contribution in [-0.4, -0.2) is 20.7 Å². The Bertz CT molecular complexity index is 1250. The van der Waals surface area contributed by atoms with Crippen molar-refractivity contribution in [1.29, 1.82) is 0 Å². The van der Waals surface area contributed by atoms with Crippen LogP contribution >= 0.6 is 0 Å². The Kier molecular flexibility index (Phi) is 4.58. The highest BCUT2D eigenvalue weighted by atomic mass is 19.1. The minimum absolute atomic E-state index is 0.0948. The van der Waals surface area contributed by atoms with Gasteiger partial charge in [0.2, 0.25) is 0 Å². The Morgan fingerprint density at radius 1 is 1.00 bits per heavy atom. The first-order chi connectivity index (χ1) is 13.8. The maximum atomic E-state index is 14.0. The van der Waals surface area contributed by atoms with Gasteiger partial charge in [0.05, 0.1) is 28.0 Å². The highest BCUT2D eigenvalue weighted by Crippen LogP contribution is 2.26. The Hall–Kier alpha value is -3.61. The van der Waals surface area contributed by atoms with Crippen molar-refractivity contribution in [3.05, 3.63) is 82.7 Å². The predicted molar refractivity (Wildman–Crippen MR) is 107 cm³/mol. The first-order valence-electron chi connectivity index (χ1n) is 9.04. The molecule has 0 aliphatic rings. The zero-order valence-electron chi connectivity index (χ0n) is 16.1. The van der Waals surface area contributed by atoms with Crippen LogP contribution in [0.5, 0.6) is 0 Å². The maximum absolute atomic E-state index is 14.0. The minimum Gasteiger partial charge on any atom is -0.319 e. The summed E-state index contributed by atoms with van der Waals surface area (Å²) in [5.41, 5.74) is 3.95. The number of carbonyl (C=O) groups is 1. The Labute approximate surface area is 166 Å². The van der Waals surface area contributed by atoms with Crippen molar-refractivity contribution in [2.24, 2.45) is 0 Å². The van der Waals surface area contributed by atoms with Gasteiger partial charge < -0.3 is 5.32 Å². The van der Waals surface area contributed by atoms with Crippen LogP contribution in [0, 0.1) is 32.4 Å². The van der Waals surface area contributed by atoms with Gasteiger partial charge in [0.15, 0.2) is 5.65 Å². The number of nitrogens with one attached hydrogen (secondary N) is 1. The van der Waals surface area contributed by atoms with Crippen LogP contribution in [0.3, 0.4) is 0 Å². The quantitative estimate of drug-likeness (QED) is 0.541. The molecule has 0 aliphatic heterocycles. The second kappa shape index (κ2) is 7.09. The van der Waals surface area contributed by atoms with Crippen LogP contribution in [0.25, 0.3) is 16.7 Å². The summed E-state index contributed by atoms with van der Waals surface area (Å²) in [6, 6.07) is 12.4. The number of amides is 1. The van der Waals surface area contributed by atoms with Crippen LogP contribution in [0.4, 0.5) is 14.5 Å². The smallest absolute Gasteiger partial charge is 0.256 e. The molecule has 0 atom stereocenters. The second-order valence-corrected chi connectivity index (χ2v) is 6.92. The number of carbonyl (C=O) groups excluding carboxylic acids is 1. The molecule has 0 spiro atoms. The van der Waals surface area contributed by atoms with Crippen LogP contribution in [0.15, 0.2) is 48.5 Å². The number of rotatable bonds is 3. The van der Waals surface area contributed by atoms with Crippen molar-refractivity contribution in [2.45, 2.75) is 20.8 Å². The van der Waals surface area contributed by atoms with E-state index < -0.39 is 17.5 Å². The molecule has 0 radical (unpaired) electrons. The molecule has 146 valence electrons.